The topological polar surface area (TPSA) is 46.2 Å². The van der Waals surface area contributed by atoms with Crippen molar-refractivity contribution in [3.8, 4) is 0 Å². The molecule has 0 amide bonds. The molecule has 1 N–H and O–H groups in total. The maximum absolute atomic E-state index is 11.9. The van der Waals surface area contributed by atoms with Crippen LogP contribution in [0.3, 0.4) is 0 Å². The Morgan fingerprint density at radius 2 is 1.88 bits per heavy atom. The van der Waals surface area contributed by atoms with Gasteiger partial charge in [-0.2, -0.15) is 0 Å². The first-order valence-corrected chi connectivity index (χ1v) is 7.84. The van der Waals surface area contributed by atoms with Crippen LogP contribution in [0.15, 0.2) is 46.0 Å². The predicted octanol–water partition coefficient (Wildman–Crippen LogP) is 3.15. The summed E-state index contributed by atoms with van der Waals surface area (Å²) >= 11 is 3.30. The van der Waals surface area contributed by atoms with E-state index in [0.29, 0.717) is 9.90 Å². The van der Waals surface area contributed by atoms with Crippen molar-refractivity contribution in [2.75, 3.05) is 4.72 Å². The first-order valence-electron chi connectivity index (χ1n) is 4.40. The van der Waals surface area contributed by atoms with Gasteiger partial charge in [0.1, 0.15) is 4.21 Å². The third-order valence-corrected chi connectivity index (χ3v) is 5.58. The maximum atomic E-state index is 11.9. The summed E-state index contributed by atoms with van der Waals surface area (Å²) in [5.41, 5.74) is 0.608. The van der Waals surface area contributed by atoms with Gasteiger partial charge in [0.2, 0.25) is 0 Å². The molecule has 2 aromatic rings. The van der Waals surface area contributed by atoms with Crippen LogP contribution in [0, 0.1) is 3.57 Å². The van der Waals surface area contributed by atoms with Crippen LogP contribution >= 0.6 is 33.9 Å². The molecule has 0 spiro atoms. The van der Waals surface area contributed by atoms with E-state index in [0.717, 1.165) is 3.57 Å². The number of halogens is 1. The summed E-state index contributed by atoms with van der Waals surface area (Å²) in [6, 6.07) is 10.6. The Bertz CT molecular complexity index is 579. The van der Waals surface area contributed by atoms with E-state index in [-0.39, 0.29) is 0 Å². The molecule has 0 radical (unpaired) electrons. The van der Waals surface area contributed by atoms with Gasteiger partial charge in [-0.25, -0.2) is 8.42 Å². The molecule has 3 nitrogen and oxygen atoms in total. The van der Waals surface area contributed by atoms with Crippen molar-refractivity contribution in [3.05, 3.63) is 45.3 Å². The Kier molecular flexibility index (Phi) is 3.50. The lowest BCUT2D eigenvalue weighted by Crippen LogP contribution is -2.12. The quantitative estimate of drug-likeness (QED) is 0.850. The predicted molar refractivity (Wildman–Crippen MR) is 74.3 cm³/mol. The van der Waals surface area contributed by atoms with Gasteiger partial charge in [-0.1, -0.05) is 18.2 Å². The van der Waals surface area contributed by atoms with Crippen molar-refractivity contribution in [1.82, 2.24) is 0 Å². The van der Waals surface area contributed by atoms with Gasteiger partial charge in [0.05, 0.1) is 5.69 Å². The number of para-hydroxylation sites is 1. The summed E-state index contributed by atoms with van der Waals surface area (Å²) in [7, 11) is -3.43. The zero-order valence-electron chi connectivity index (χ0n) is 8.05. The molecule has 1 heterocycles. The van der Waals surface area contributed by atoms with E-state index in [1.165, 1.54) is 11.3 Å². The van der Waals surface area contributed by atoms with Gasteiger partial charge in [0.15, 0.2) is 0 Å². The monoisotopic (exact) mass is 365 g/mol. The van der Waals surface area contributed by atoms with Gasteiger partial charge in [0, 0.05) is 3.57 Å². The van der Waals surface area contributed by atoms with Gasteiger partial charge < -0.3 is 0 Å². The normalized spacial score (nSPS) is 11.3. The fraction of sp³-hybridized carbons (Fsp3) is 0. The molecule has 0 saturated carbocycles. The van der Waals surface area contributed by atoms with Gasteiger partial charge >= 0.3 is 0 Å². The van der Waals surface area contributed by atoms with E-state index >= 15 is 0 Å². The number of rotatable bonds is 3. The summed E-state index contributed by atoms with van der Waals surface area (Å²) in [5.74, 6) is 0. The summed E-state index contributed by atoms with van der Waals surface area (Å²) in [5, 5.41) is 1.74. The second-order valence-corrected chi connectivity index (χ2v) is 7.04. The third kappa shape index (κ3) is 2.55. The minimum atomic E-state index is -3.43. The molecule has 0 bridgehead atoms. The van der Waals surface area contributed by atoms with E-state index in [4.69, 9.17) is 0 Å². The number of anilines is 1. The van der Waals surface area contributed by atoms with Crippen molar-refractivity contribution < 1.29 is 8.42 Å². The van der Waals surface area contributed by atoms with Crippen LogP contribution in [0.1, 0.15) is 0 Å². The Balaban J connectivity index is 2.33. The molecule has 0 aliphatic carbocycles. The average molecular weight is 365 g/mol. The van der Waals surface area contributed by atoms with Crippen LogP contribution in [-0.4, -0.2) is 8.42 Å². The molecule has 2 rings (SSSR count). The minimum Gasteiger partial charge on any atom is -0.278 e. The molecular weight excluding hydrogens is 357 g/mol. The number of hydrogen-bond acceptors (Lipinski definition) is 3. The highest BCUT2D eigenvalue weighted by Gasteiger charge is 2.15. The second-order valence-electron chi connectivity index (χ2n) is 3.02. The second kappa shape index (κ2) is 4.72. The summed E-state index contributed by atoms with van der Waals surface area (Å²) in [6.45, 7) is 0. The van der Waals surface area contributed by atoms with Crippen LogP contribution in [-0.2, 0) is 10.0 Å². The molecule has 6 heteroatoms. The van der Waals surface area contributed by atoms with E-state index in [9.17, 15) is 8.42 Å². The lowest BCUT2D eigenvalue weighted by Gasteiger charge is -2.07. The van der Waals surface area contributed by atoms with Gasteiger partial charge in [-0.05, 0) is 46.2 Å². The lowest BCUT2D eigenvalue weighted by atomic mass is 10.3. The molecule has 0 atom stereocenters. The van der Waals surface area contributed by atoms with Crippen molar-refractivity contribution in [1.29, 1.82) is 0 Å². The summed E-state index contributed by atoms with van der Waals surface area (Å²) < 4.78 is 27.6. The number of sulfonamides is 1. The van der Waals surface area contributed by atoms with Crippen molar-refractivity contribution in [3.63, 3.8) is 0 Å². The van der Waals surface area contributed by atoms with Gasteiger partial charge in [0.25, 0.3) is 10.0 Å². The highest BCUT2D eigenvalue weighted by molar-refractivity contribution is 14.1. The smallest absolute Gasteiger partial charge is 0.271 e. The van der Waals surface area contributed by atoms with Crippen LogP contribution in [0.4, 0.5) is 5.69 Å². The first kappa shape index (κ1) is 11.9. The van der Waals surface area contributed by atoms with E-state index in [1.54, 1.807) is 29.6 Å². The summed E-state index contributed by atoms with van der Waals surface area (Å²) in [6.07, 6.45) is 0. The van der Waals surface area contributed by atoms with Crippen LogP contribution in [0.25, 0.3) is 0 Å². The third-order valence-electron chi connectivity index (χ3n) is 1.88. The standard InChI is InChI=1S/C10H8INO2S2/c11-8-4-1-2-5-9(8)12-16(13,14)10-6-3-7-15-10/h1-7,12H. The molecular formula is C10H8INO2S2. The molecule has 84 valence electrons. The number of benzene rings is 1. The molecule has 0 aliphatic rings. The number of hydrogen-bond donors (Lipinski definition) is 1. The molecule has 0 unspecified atom stereocenters. The van der Waals surface area contributed by atoms with E-state index < -0.39 is 10.0 Å². The van der Waals surface area contributed by atoms with Gasteiger partial charge in [-0.3, -0.25) is 4.72 Å². The van der Waals surface area contributed by atoms with E-state index in [2.05, 4.69) is 27.3 Å². The molecule has 16 heavy (non-hydrogen) atoms. The molecule has 0 fully saturated rings. The zero-order valence-corrected chi connectivity index (χ0v) is 11.8. The Hall–Kier alpha value is -0.600. The SMILES string of the molecule is O=S(=O)(Nc1ccccc1I)c1cccs1. The zero-order chi connectivity index (χ0) is 11.6. The molecule has 1 aromatic heterocycles. The number of nitrogens with one attached hydrogen (secondary N) is 1. The van der Waals surface area contributed by atoms with Gasteiger partial charge in [-0.15, -0.1) is 11.3 Å². The van der Waals surface area contributed by atoms with E-state index in [1.807, 2.05) is 12.1 Å². The van der Waals surface area contributed by atoms with Crippen LogP contribution in [0.5, 0.6) is 0 Å². The highest BCUT2D eigenvalue weighted by atomic mass is 127. The van der Waals surface area contributed by atoms with Crippen molar-refractivity contribution in [2.24, 2.45) is 0 Å². The van der Waals surface area contributed by atoms with Crippen molar-refractivity contribution >= 4 is 49.6 Å². The van der Waals surface area contributed by atoms with Crippen LogP contribution < -0.4 is 4.72 Å². The summed E-state index contributed by atoms with van der Waals surface area (Å²) in [4.78, 5) is 0. The Labute approximate surface area is 112 Å². The molecule has 0 saturated heterocycles. The fourth-order valence-corrected chi connectivity index (χ4v) is 3.93. The largest absolute Gasteiger partial charge is 0.278 e. The van der Waals surface area contributed by atoms with Crippen molar-refractivity contribution in [2.45, 2.75) is 4.21 Å². The highest BCUT2D eigenvalue weighted by Crippen LogP contribution is 2.23. The fourth-order valence-electron chi connectivity index (χ4n) is 1.16. The molecule has 0 aliphatic heterocycles. The lowest BCUT2D eigenvalue weighted by molar-refractivity contribution is 0.603. The minimum absolute atomic E-state index is 0.326. The first-order chi connectivity index (χ1) is 7.59. The number of thiophene rings is 1. The average Bonchev–Trinajstić information content (AvgIpc) is 2.75. The Morgan fingerprint density at radius 3 is 2.50 bits per heavy atom. The molecule has 1 aromatic carbocycles. The van der Waals surface area contributed by atoms with Crippen LogP contribution in [0.2, 0.25) is 0 Å². The Morgan fingerprint density at radius 1 is 1.12 bits per heavy atom. The maximum Gasteiger partial charge on any atom is 0.271 e.